The van der Waals surface area contributed by atoms with Gasteiger partial charge in [-0.25, -0.2) is 15.3 Å². The third-order valence-electron chi connectivity index (χ3n) is 10.9. The molecule has 6 fully saturated rings. The molecule has 270 valence electrons. The first-order valence-corrected chi connectivity index (χ1v) is 17.1. The summed E-state index contributed by atoms with van der Waals surface area (Å²) >= 11 is -0.604. The molecular weight excluding hydrogens is 680 g/mol. The van der Waals surface area contributed by atoms with Crippen molar-refractivity contribution in [2.75, 3.05) is 13.2 Å². The van der Waals surface area contributed by atoms with Gasteiger partial charge in [0.2, 0.25) is 5.60 Å². The van der Waals surface area contributed by atoms with E-state index in [9.17, 15) is 31.9 Å². The van der Waals surface area contributed by atoms with Crippen LogP contribution in [0.5, 0.6) is 0 Å². The lowest BCUT2D eigenvalue weighted by atomic mass is 9.49. The van der Waals surface area contributed by atoms with E-state index in [-0.39, 0.29) is 61.5 Å². The SMILES string of the molecule is CC12CCC(C(=O)OCCCC(F)(F)SOOO)(OC1=O)C2(C)C.O=C(OCCCC(F)(F)SOOO)C12CC3CC(CC(C3)C1)C2. The number of hydrogen-bond donors (Lipinski definition) is 2. The minimum Gasteiger partial charge on any atom is -0.465 e. The van der Waals surface area contributed by atoms with E-state index < -0.39 is 51.7 Å². The van der Waals surface area contributed by atoms with E-state index in [1.54, 1.807) is 20.8 Å². The Labute approximate surface area is 278 Å². The van der Waals surface area contributed by atoms with Crippen molar-refractivity contribution in [1.29, 1.82) is 0 Å². The second-order valence-electron chi connectivity index (χ2n) is 14.1. The Morgan fingerprint density at radius 1 is 0.809 bits per heavy atom. The van der Waals surface area contributed by atoms with E-state index in [4.69, 9.17) is 24.7 Å². The van der Waals surface area contributed by atoms with Crippen LogP contribution in [-0.2, 0) is 47.3 Å². The van der Waals surface area contributed by atoms with Gasteiger partial charge in [0.05, 0.1) is 24.0 Å². The fourth-order valence-electron chi connectivity index (χ4n) is 8.43. The van der Waals surface area contributed by atoms with Crippen molar-refractivity contribution in [3.8, 4) is 0 Å². The van der Waals surface area contributed by atoms with Crippen LogP contribution in [0.3, 0.4) is 0 Å². The van der Waals surface area contributed by atoms with Crippen LogP contribution in [0.1, 0.15) is 97.8 Å². The van der Waals surface area contributed by atoms with E-state index in [0.29, 0.717) is 30.6 Å². The second kappa shape index (κ2) is 14.8. The fraction of sp³-hybridized carbons (Fsp3) is 0.897. The maximum Gasteiger partial charge on any atom is 0.351 e. The zero-order valence-electron chi connectivity index (χ0n) is 26.4. The van der Waals surface area contributed by atoms with Gasteiger partial charge in [0.1, 0.15) is 24.1 Å². The molecule has 1 heterocycles. The fourth-order valence-corrected chi connectivity index (χ4v) is 9.15. The highest BCUT2D eigenvalue weighted by Crippen LogP contribution is 2.66. The normalized spacial score (nSPS) is 33.3. The maximum absolute atomic E-state index is 13.3. The van der Waals surface area contributed by atoms with E-state index in [1.807, 2.05) is 0 Å². The van der Waals surface area contributed by atoms with Gasteiger partial charge >= 0.3 is 28.4 Å². The molecule has 0 radical (unpaired) electrons. The van der Waals surface area contributed by atoms with Crippen LogP contribution < -0.4 is 0 Å². The Bertz CT molecular complexity index is 1110. The van der Waals surface area contributed by atoms with Crippen molar-refractivity contribution in [3.63, 3.8) is 0 Å². The van der Waals surface area contributed by atoms with Gasteiger partial charge in [-0.05, 0) is 88.9 Å². The summed E-state index contributed by atoms with van der Waals surface area (Å²) in [5, 5.41) is 15.5. The Hall–Kier alpha value is -1.41. The molecule has 1 aliphatic heterocycles. The predicted octanol–water partition coefficient (Wildman–Crippen LogP) is 7.28. The number of halogens is 4. The van der Waals surface area contributed by atoms with Crippen molar-refractivity contribution < 1.29 is 75.4 Å². The summed E-state index contributed by atoms with van der Waals surface area (Å²) in [7, 11) is 0. The number of carbonyl (C=O) groups is 3. The van der Waals surface area contributed by atoms with Gasteiger partial charge in [-0.1, -0.05) is 23.9 Å². The summed E-state index contributed by atoms with van der Waals surface area (Å²) in [6, 6.07) is 0. The third kappa shape index (κ3) is 8.15. The van der Waals surface area contributed by atoms with Gasteiger partial charge in [0.15, 0.2) is 0 Å². The molecular formula is C29H42F4O12S2. The van der Waals surface area contributed by atoms with Crippen molar-refractivity contribution in [2.24, 2.45) is 34.0 Å². The monoisotopic (exact) mass is 722 g/mol. The molecule has 47 heavy (non-hydrogen) atoms. The van der Waals surface area contributed by atoms with Gasteiger partial charge in [0.25, 0.3) is 0 Å². The van der Waals surface area contributed by atoms with Crippen molar-refractivity contribution >= 4 is 42.0 Å². The topological polar surface area (TPSA) is 156 Å². The number of fused-ring (bicyclic) bond motifs is 2. The molecule has 6 bridgehead atoms. The van der Waals surface area contributed by atoms with Crippen LogP contribution in [-0.4, -0.2) is 57.7 Å². The van der Waals surface area contributed by atoms with E-state index in [2.05, 4.69) is 18.7 Å². The Balaban J connectivity index is 0.000000213. The first-order chi connectivity index (χ1) is 21.9. The lowest BCUT2D eigenvalue weighted by Crippen LogP contribution is -2.50. The molecule has 1 saturated heterocycles. The second-order valence-corrected chi connectivity index (χ2v) is 15.9. The molecule has 0 aromatic carbocycles. The average Bonchev–Trinajstić information content (AvgIpc) is 3.29. The van der Waals surface area contributed by atoms with E-state index in [0.717, 1.165) is 19.3 Å². The summed E-state index contributed by atoms with van der Waals surface area (Å²) in [4.78, 5) is 37.0. The molecule has 0 spiro atoms. The van der Waals surface area contributed by atoms with Crippen LogP contribution in [0.4, 0.5) is 17.6 Å². The van der Waals surface area contributed by atoms with Crippen LogP contribution in [0.25, 0.3) is 0 Å². The Morgan fingerprint density at radius 3 is 1.64 bits per heavy atom. The average molecular weight is 723 g/mol. The number of rotatable bonds is 16. The van der Waals surface area contributed by atoms with Crippen molar-refractivity contribution in [1.82, 2.24) is 0 Å². The zero-order chi connectivity index (χ0) is 34.7. The summed E-state index contributed by atoms with van der Waals surface area (Å²) in [6.45, 7) is 5.06. The molecule has 0 aromatic rings. The van der Waals surface area contributed by atoms with Gasteiger partial charge in [-0.2, -0.15) is 17.6 Å². The number of esters is 3. The lowest BCUT2D eigenvalue weighted by Gasteiger charge is -2.55. The molecule has 5 saturated carbocycles. The molecule has 5 aliphatic carbocycles. The molecule has 6 rings (SSSR count). The molecule has 2 atom stereocenters. The number of alkyl halides is 4. The van der Waals surface area contributed by atoms with Crippen LogP contribution in [0.15, 0.2) is 0 Å². The molecule has 0 aromatic heterocycles. The first kappa shape index (κ1) is 38.4. The largest absolute Gasteiger partial charge is 0.465 e. The molecule has 0 amide bonds. The molecule has 18 heteroatoms. The molecule has 12 nitrogen and oxygen atoms in total. The van der Waals surface area contributed by atoms with Crippen molar-refractivity contribution in [2.45, 2.75) is 114 Å². The summed E-state index contributed by atoms with van der Waals surface area (Å²) in [5.74, 6) is 0.607. The van der Waals surface area contributed by atoms with Gasteiger partial charge in [-0.3, -0.25) is 9.59 Å². The van der Waals surface area contributed by atoms with Crippen LogP contribution >= 0.6 is 24.1 Å². The third-order valence-corrected chi connectivity index (χ3v) is 12.1. The van der Waals surface area contributed by atoms with Crippen LogP contribution in [0.2, 0.25) is 0 Å². The number of hydrogen-bond acceptors (Lipinski definition) is 14. The van der Waals surface area contributed by atoms with E-state index in [1.165, 1.54) is 19.3 Å². The van der Waals surface area contributed by atoms with Gasteiger partial charge in [0, 0.05) is 18.3 Å². The Morgan fingerprint density at radius 2 is 1.26 bits per heavy atom. The highest BCUT2D eigenvalue weighted by atomic mass is 32.2. The highest BCUT2D eigenvalue weighted by molar-refractivity contribution is 7.95. The summed E-state index contributed by atoms with van der Waals surface area (Å²) < 4.78 is 76.2. The zero-order valence-corrected chi connectivity index (χ0v) is 28.1. The number of ether oxygens (including phenoxy) is 3. The quantitative estimate of drug-likeness (QED) is 0.0312. The minimum atomic E-state index is -3.31. The minimum absolute atomic E-state index is 0.0171. The number of carbonyl (C=O) groups excluding carboxylic acids is 3. The predicted molar refractivity (Wildman–Crippen MR) is 156 cm³/mol. The molecule has 6 aliphatic rings. The van der Waals surface area contributed by atoms with Gasteiger partial charge in [-0.15, -0.1) is 8.67 Å². The van der Waals surface area contributed by atoms with Gasteiger partial charge < -0.3 is 14.2 Å². The molecule has 2 N–H and O–H groups in total. The lowest BCUT2D eigenvalue weighted by molar-refractivity contribution is -0.433. The summed E-state index contributed by atoms with van der Waals surface area (Å²) in [6.07, 6.45) is 6.04. The van der Waals surface area contributed by atoms with Crippen LogP contribution in [0, 0.1) is 34.0 Å². The smallest absolute Gasteiger partial charge is 0.351 e. The first-order valence-electron chi connectivity index (χ1n) is 15.6. The Kier molecular flexibility index (Phi) is 12.1. The van der Waals surface area contributed by atoms with Crippen molar-refractivity contribution in [3.05, 3.63) is 0 Å². The highest BCUT2D eigenvalue weighted by Gasteiger charge is 2.76. The van der Waals surface area contributed by atoms with E-state index >= 15 is 0 Å². The molecule has 2 unspecified atom stereocenters. The maximum atomic E-state index is 13.3. The standard InChI is InChI=1S/C15H22F2O5S.C14H20F2O7S/c16-15(17,23-22-21-19)2-1-3-20-13(18)14-7-10-4-11(8-14)6-12(5-10)9-14;1-11(2)12(3)6-7-13(11,21-9(12)17)10(18)20-8-4-5-14(15,16)24-23-22-19/h10-12,19H,1-9H2;19H,4-8H2,1-3H3. The summed E-state index contributed by atoms with van der Waals surface area (Å²) in [5.41, 5.74) is -3.19.